The Hall–Kier alpha value is -3.36. The summed E-state index contributed by atoms with van der Waals surface area (Å²) < 4.78 is 4.97. The largest absolute Gasteiger partial charge is 0.509 e. The molecule has 8 nitrogen and oxygen atoms in total. The average Bonchev–Trinajstić information content (AvgIpc) is 2.97. The van der Waals surface area contributed by atoms with Gasteiger partial charge in [-0.15, -0.1) is 0 Å². The second-order valence-corrected chi connectivity index (χ2v) is 6.96. The molecule has 0 amide bonds. The predicted molar refractivity (Wildman–Crippen MR) is 105 cm³/mol. The Morgan fingerprint density at radius 2 is 1.41 bits per heavy atom. The number of methoxy groups -OCH3 is 1. The number of nitrogens with one attached hydrogen (secondary N) is 3. The molecule has 0 radical (unpaired) electrons. The smallest absolute Gasteiger partial charge is 0.196 e. The van der Waals surface area contributed by atoms with E-state index < -0.39 is 16.9 Å². The fourth-order valence-corrected chi connectivity index (χ4v) is 3.94. The zero-order valence-corrected chi connectivity index (χ0v) is 15.6. The maximum Gasteiger partial charge on any atom is 0.196 e. The number of aliphatic hydroxyl groups excluding tert-OH is 2. The van der Waals surface area contributed by atoms with E-state index in [9.17, 15) is 19.8 Å². The highest BCUT2D eigenvalue weighted by Gasteiger charge is 2.28. The van der Waals surface area contributed by atoms with Crippen LogP contribution in [-0.4, -0.2) is 36.5 Å². The van der Waals surface area contributed by atoms with Crippen molar-refractivity contribution in [2.45, 2.75) is 12.5 Å². The molecule has 3 aliphatic rings. The van der Waals surface area contributed by atoms with E-state index in [4.69, 9.17) is 15.6 Å². The van der Waals surface area contributed by atoms with Gasteiger partial charge in [0.25, 0.3) is 0 Å². The highest BCUT2D eigenvalue weighted by atomic mass is 16.5. The van der Waals surface area contributed by atoms with Gasteiger partial charge < -0.3 is 20.3 Å². The average molecular weight is 393 g/mol. The van der Waals surface area contributed by atoms with E-state index in [0.29, 0.717) is 19.6 Å². The lowest BCUT2D eigenvalue weighted by atomic mass is 10.0. The van der Waals surface area contributed by atoms with E-state index in [1.165, 1.54) is 12.1 Å². The molecule has 0 atom stereocenters. The van der Waals surface area contributed by atoms with Crippen molar-refractivity contribution in [3.8, 4) is 0 Å². The van der Waals surface area contributed by atoms with Crippen LogP contribution in [0.5, 0.6) is 0 Å². The summed E-state index contributed by atoms with van der Waals surface area (Å²) in [6.45, 7) is 0.890. The minimum absolute atomic E-state index is 0.0870. The summed E-state index contributed by atoms with van der Waals surface area (Å²) in [7, 11) is 1.56. The summed E-state index contributed by atoms with van der Waals surface area (Å²) in [6.07, 6.45) is 0.619. The van der Waals surface area contributed by atoms with Gasteiger partial charge in [-0.1, -0.05) is 24.3 Å². The molecule has 1 aromatic carbocycles. The molecule has 8 heteroatoms. The summed E-state index contributed by atoms with van der Waals surface area (Å²) in [5.41, 5.74) is -1.08. The van der Waals surface area contributed by atoms with Crippen molar-refractivity contribution in [2.24, 2.45) is 0 Å². The first kappa shape index (κ1) is 19.0. The monoisotopic (exact) mass is 393 g/mol. The number of benzene rings is 1. The molecule has 0 heterocycles. The first-order valence-corrected chi connectivity index (χ1v) is 9.10. The van der Waals surface area contributed by atoms with E-state index >= 15 is 0 Å². The van der Waals surface area contributed by atoms with E-state index in [-0.39, 0.29) is 53.9 Å². The van der Waals surface area contributed by atoms with Crippen LogP contribution in [-0.2, 0) is 4.74 Å². The molecule has 4 rings (SSSR count). The van der Waals surface area contributed by atoms with Crippen LogP contribution in [0.15, 0.2) is 33.9 Å². The third-order valence-corrected chi connectivity index (χ3v) is 5.30. The molecule has 0 unspecified atom stereocenters. The fraction of sp³-hybridized carbons (Fsp3) is 0.238. The Morgan fingerprint density at radius 3 is 1.86 bits per heavy atom. The second kappa shape index (κ2) is 6.91. The minimum atomic E-state index is -1.01. The van der Waals surface area contributed by atoms with Gasteiger partial charge in [-0.2, -0.15) is 0 Å². The van der Waals surface area contributed by atoms with Gasteiger partial charge in [0.2, 0.25) is 0 Å². The van der Waals surface area contributed by atoms with E-state index in [1.807, 2.05) is 0 Å². The molecule has 0 aliphatic heterocycles. The number of aliphatic hydroxyl groups is 2. The molecule has 5 N–H and O–H groups in total. The Balaban J connectivity index is 2.15. The Labute approximate surface area is 163 Å². The molecule has 0 saturated heterocycles. The van der Waals surface area contributed by atoms with Crippen molar-refractivity contribution in [3.05, 3.63) is 76.3 Å². The fourth-order valence-electron chi connectivity index (χ4n) is 3.94. The molecule has 0 fully saturated rings. The molecular formula is C21H19N3O5. The number of hydrogen-bond acceptors (Lipinski definition) is 8. The number of ether oxygens (including phenoxy) is 1. The zero-order chi connectivity index (χ0) is 20.9. The first-order chi connectivity index (χ1) is 13.9. The van der Waals surface area contributed by atoms with Crippen molar-refractivity contribution in [1.82, 2.24) is 5.32 Å². The maximum absolute atomic E-state index is 13.0. The molecule has 0 aromatic heterocycles. The lowest BCUT2D eigenvalue weighted by molar-refractivity contribution is 0.193. The SMILES string of the molecule is COCCCNC1C(O)=c2c(=N)c3c(=O)c4ccccc4c(=O)c=3c(=N)c2=C1O. The highest BCUT2D eigenvalue weighted by molar-refractivity contribution is 5.82. The van der Waals surface area contributed by atoms with Gasteiger partial charge in [0.05, 0.1) is 31.6 Å². The Kier molecular flexibility index (Phi) is 4.52. The topological polar surface area (TPSA) is 144 Å². The minimum Gasteiger partial charge on any atom is -0.509 e. The lowest BCUT2D eigenvalue weighted by Crippen LogP contribution is -2.52. The summed E-state index contributed by atoms with van der Waals surface area (Å²) in [6, 6.07) is 5.24. The van der Waals surface area contributed by atoms with Crippen LogP contribution in [0.4, 0.5) is 0 Å². The van der Waals surface area contributed by atoms with Gasteiger partial charge in [0, 0.05) is 24.5 Å². The molecule has 0 bridgehead atoms. The zero-order valence-electron chi connectivity index (χ0n) is 15.6. The van der Waals surface area contributed by atoms with Gasteiger partial charge in [-0.3, -0.25) is 20.4 Å². The van der Waals surface area contributed by atoms with Crippen molar-refractivity contribution in [3.63, 3.8) is 0 Å². The Bertz CT molecular complexity index is 1440. The maximum atomic E-state index is 13.0. The molecule has 1 aromatic rings. The number of fused-ring (bicyclic) bond motifs is 2. The summed E-state index contributed by atoms with van der Waals surface area (Å²) in [4.78, 5) is 26.0. The van der Waals surface area contributed by atoms with Crippen molar-refractivity contribution in [2.75, 3.05) is 20.3 Å². The molecule has 29 heavy (non-hydrogen) atoms. The van der Waals surface area contributed by atoms with Crippen LogP contribution < -0.4 is 37.3 Å². The first-order valence-electron chi connectivity index (χ1n) is 9.10. The third kappa shape index (κ3) is 2.60. The number of hydrogen-bond donors (Lipinski definition) is 5. The van der Waals surface area contributed by atoms with Gasteiger partial charge in [-0.05, 0) is 13.0 Å². The Morgan fingerprint density at radius 1 is 0.931 bits per heavy atom. The van der Waals surface area contributed by atoms with E-state index in [1.54, 1.807) is 19.2 Å². The van der Waals surface area contributed by atoms with Crippen LogP contribution in [0.25, 0.3) is 22.3 Å². The highest BCUT2D eigenvalue weighted by Crippen LogP contribution is 2.09. The van der Waals surface area contributed by atoms with Crippen LogP contribution in [0.1, 0.15) is 6.42 Å². The molecule has 0 saturated carbocycles. The van der Waals surface area contributed by atoms with E-state index in [0.717, 1.165) is 0 Å². The van der Waals surface area contributed by atoms with Gasteiger partial charge in [0.15, 0.2) is 10.9 Å². The standard InChI is InChI=1S/C21H19N3O5/c1-29-8-4-7-24-17-20(27)13-14(21(17)28)16(23)12-11(15(13)22)18(25)9-5-2-3-6-10(9)19(12)26/h2-3,5-6,17,22-24,27-28H,4,7-8H2,1H3. The third-order valence-electron chi connectivity index (χ3n) is 5.30. The second-order valence-electron chi connectivity index (χ2n) is 6.96. The van der Waals surface area contributed by atoms with Crippen LogP contribution >= 0.6 is 0 Å². The molecule has 3 aliphatic carbocycles. The predicted octanol–water partition coefficient (Wildman–Crippen LogP) is -1.54. The summed E-state index contributed by atoms with van der Waals surface area (Å²) in [5, 5.41) is 40.3. The normalized spacial score (nSPS) is 16.1. The quantitative estimate of drug-likeness (QED) is 0.333. The van der Waals surface area contributed by atoms with Crippen molar-refractivity contribution < 1.29 is 14.9 Å². The molecule has 0 spiro atoms. The van der Waals surface area contributed by atoms with Gasteiger partial charge >= 0.3 is 0 Å². The molecular weight excluding hydrogens is 374 g/mol. The summed E-state index contributed by atoms with van der Waals surface area (Å²) >= 11 is 0. The van der Waals surface area contributed by atoms with Gasteiger partial charge in [0.1, 0.15) is 17.6 Å². The van der Waals surface area contributed by atoms with Crippen molar-refractivity contribution >= 4 is 22.3 Å². The lowest BCUT2D eigenvalue weighted by Gasteiger charge is -2.13. The number of rotatable bonds is 5. The molecule has 148 valence electrons. The van der Waals surface area contributed by atoms with Crippen LogP contribution in [0.3, 0.4) is 0 Å². The summed E-state index contributed by atoms with van der Waals surface area (Å²) in [5.74, 6) is -0.675. The van der Waals surface area contributed by atoms with Crippen molar-refractivity contribution in [1.29, 1.82) is 10.8 Å². The van der Waals surface area contributed by atoms with Gasteiger partial charge in [-0.25, -0.2) is 0 Å². The van der Waals surface area contributed by atoms with Crippen LogP contribution in [0.2, 0.25) is 0 Å². The van der Waals surface area contributed by atoms with Crippen LogP contribution in [0, 0.1) is 21.3 Å². The van der Waals surface area contributed by atoms with E-state index in [2.05, 4.69) is 5.32 Å².